The van der Waals surface area contributed by atoms with Crippen LogP contribution in [0.3, 0.4) is 0 Å². The number of alkyl halides is 2. The van der Waals surface area contributed by atoms with Crippen molar-refractivity contribution in [1.29, 1.82) is 0 Å². The van der Waals surface area contributed by atoms with Gasteiger partial charge in [0, 0.05) is 24.9 Å². The van der Waals surface area contributed by atoms with E-state index in [1.165, 1.54) is 49.6 Å². The van der Waals surface area contributed by atoms with Crippen molar-refractivity contribution in [3.05, 3.63) is 53.1 Å². The fourth-order valence-electron chi connectivity index (χ4n) is 2.12. The highest BCUT2D eigenvalue weighted by molar-refractivity contribution is 7.89. The Hall–Kier alpha value is -2.27. The van der Waals surface area contributed by atoms with Gasteiger partial charge in [0.05, 0.1) is 16.5 Å². The summed E-state index contributed by atoms with van der Waals surface area (Å²) < 4.78 is 60.0. The lowest BCUT2D eigenvalue weighted by Gasteiger charge is -2.10. The SMILES string of the molecule is COCCNS(=O)(=O)c1ccc(C(=O)Nc2ccc(OC(F)F)c(Cl)c2)cc1. The Morgan fingerprint density at radius 3 is 2.43 bits per heavy atom. The number of benzene rings is 2. The number of nitrogens with one attached hydrogen (secondary N) is 2. The second-order valence-electron chi connectivity index (χ2n) is 5.39. The summed E-state index contributed by atoms with van der Waals surface area (Å²) in [6, 6.07) is 9.07. The lowest BCUT2D eigenvalue weighted by Crippen LogP contribution is -2.27. The van der Waals surface area contributed by atoms with Gasteiger partial charge < -0.3 is 14.8 Å². The highest BCUT2D eigenvalue weighted by atomic mass is 35.5. The van der Waals surface area contributed by atoms with Crippen molar-refractivity contribution in [2.75, 3.05) is 25.6 Å². The Labute approximate surface area is 165 Å². The molecule has 2 rings (SSSR count). The largest absolute Gasteiger partial charge is 0.433 e. The first-order chi connectivity index (χ1) is 13.2. The van der Waals surface area contributed by atoms with E-state index in [0.29, 0.717) is 0 Å². The van der Waals surface area contributed by atoms with Gasteiger partial charge in [0.2, 0.25) is 10.0 Å². The molecule has 2 aromatic carbocycles. The first-order valence-corrected chi connectivity index (χ1v) is 9.73. The highest BCUT2D eigenvalue weighted by Crippen LogP contribution is 2.29. The Balaban J connectivity index is 2.06. The van der Waals surface area contributed by atoms with Gasteiger partial charge in [-0.15, -0.1) is 0 Å². The maximum atomic E-state index is 12.3. The standard InChI is InChI=1S/C17H17ClF2N2O5S/c1-26-9-8-21-28(24,25)13-5-2-11(3-6-13)16(23)22-12-4-7-15(14(18)10-12)27-17(19)20/h2-7,10,17,21H,8-9H2,1H3,(H,22,23). The minimum absolute atomic E-state index is 0.00306. The van der Waals surface area contributed by atoms with E-state index in [1.807, 2.05) is 0 Å². The minimum Gasteiger partial charge on any atom is -0.433 e. The molecule has 7 nitrogen and oxygen atoms in total. The number of anilines is 1. The lowest BCUT2D eigenvalue weighted by atomic mass is 10.2. The van der Waals surface area contributed by atoms with Crippen LogP contribution in [0, 0.1) is 0 Å². The topological polar surface area (TPSA) is 93.7 Å². The molecule has 0 aromatic heterocycles. The summed E-state index contributed by atoms with van der Waals surface area (Å²) in [7, 11) is -2.26. The second kappa shape index (κ2) is 9.78. The molecule has 28 heavy (non-hydrogen) atoms. The fraction of sp³-hybridized carbons (Fsp3) is 0.235. The Kier molecular flexibility index (Phi) is 7.69. The summed E-state index contributed by atoms with van der Waals surface area (Å²) >= 11 is 5.83. The zero-order valence-electron chi connectivity index (χ0n) is 14.6. The number of hydrogen-bond donors (Lipinski definition) is 2. The van der Waals surface area contributed by atoms with Crippen LogP contribution in [0.25, 0.3) is 0 Å². The molecule has 0 unspecified atom stereocenters. The van der Waals surface area contributed by atoms with E-state index >= 15 is 0 Å². The number of halogens is 3. The van der Waals surface area contributed by atoms with Crippen molar-refractivity contribution in [2.24, 2.45) is 0 Å². The van der Waals surface area contributed by atoms with Crippen LogP contribution in [0.1, 0.15) is 10.4 Å². The van der Waals surface area contributed by atoms with Crippen LogP contribution in [-0.4, -0.2) is 41.2 Å². The maximum Gasteiger partial charge on any atom is 0.387 e. The summed E-state index contributed by atoms with van der Waals surface area (Å²) in [5.41, 5.74) is 0.453. The van der Waals surface area contributed by atoms with Crippen molar-refractivity contribution in [3.8, 4) is 5.75 Å². The van der Waals surface area contributed by atoms with Crippen molar-refractivity contribution in [3.63, 3.8) is 0 Å². The van der Waals surface area contributed by atoms with Crippen molar-refractivity contribution in [1.82, 2.24) is 4.72 Å². The monoisotopic (exact) mass is 434 g/mol. The highest BCUT2D eigenvalue weighted by Gasteiger charge is 2.15. The van der Waals surface area contributed by atoms with Gasteiger partial charge in [0.1, 0.15) is 5.75 Å². The molecule has 11 heteroatoms. The summed E-state index contributed by atoms with van der Waals surface area (Å²) in [6.45, 7) is -2.67. The van der Waals surface area contributed by atoms with Gasteiger partial charge in [-0.3, -0.25) is 4.79 Å². The third-order valence-corrected chi connectivity index (χ3v) is 5.20. The number of ether oxygens (including phenoxy) is 2. The number of carbonyl (C=O) groups is 1. The van der Waals surface area contributed by atoms with Crippen LogP contribution in [0.5, 0.6) is 5.75 Å². The van der Waals surface area contributed by atoms with Gasteiger partial charge in [-0.1, -0.05) is 11.6 Å². The molecule has 0 aliphatic heterocycles. The summed E-state index contributed by atoms with van der Waals surface area (Å²) in [5.74, 6) is -0.750. The molecule has 0 radical (unpaired) electrons. The van der Waals surface area contributed by atoms with Gasteiger partial charge >= 0.3 is 6.61 Å². The first kappa shape index (κ1) is 22.0. The van der Waals surface area contributed by atoms with Crippen LogP contribution < -0.4 is 14.8 Å². The number of rotatable bonds is 9. The molecule has 2 N–H and O–H groups in total. The molecule has 0 fully saturated rings. The van der Waals surface area contributed by atoms with E-state index in [1.54, 1.807) is 0 Å². The lowest BCUT2D eigenvalue weighted by molar-refractivity contribution is -0.0497. The summed E-state index contributed by atoms with van der Waals surface area (Å²) in [6.07, 6.45) is 0. The molecule has 0 aliphatic carbocycles. The van der Waals surface area contributed by atoms with Crippen LogP contribution in [-0.2, 0) is 14.8 Å². The van der Waals surface area contributed by atoms with E-state index in [-0.39, 0.29) is 40.1 Å². The second-order valence-corrected chi connectivity index (χ2v) is 7.57. The van der Waals surface area contributed by atoms with Gasteiger partial charge in [0.15, 0.2) is 0 Å². The van der Waals surface area contributed by atoms with Crippen LogP contribution in [0.15, 0.2) is 47.4 Å². The van der Waals surface area contributed by atoms with E-state index < -0.39 is 22.5 Å². The van der Waals surface area contributed by atoms with Crippen LogP contribution >= 0.6 is 11.6 Å². The number of hydrogen-bond acceptors (Lipinski definition) is 5. The smallest absolute Gasteiger partial charge is 0.387 e. The van der Waals surface area contributed by atoms with Crippen molar-refractivity contribution in [2.45, 2.75) is 11.5 Å². The third-order valence-electron chi connectivity index (χ3n) is 3.43. The molecule has 2 aromatic rings. The predicted molar refractivity (Wildman–Crippen MR) is 99.5 cm³/mol. The molecule has 0 saturated carbocycles. The molecular formula is C17H17ClF2N2O5S. The zero-order chi connectivity index (χ0) is 20.7. The van der Waals surface area contributed by atoms with E-state index in [4.69, 9.17) is 16.3 Å². The molecule has 1 amide bonds. The number of methoxy groups -OCH3 is 1. The molecule has 0 spiro atoms. The molecular weight excluding hydrogens is 418 g/mol. The normalized spacial score (nSPS) is 11.5. The summed E-state index contributed by atoms with van der Waals surface area (Å²) in [5, 5.41) is 2.44. The quantitative estimate of drug-likeness (QED) is 0.591. The Morgan fingerprint density at radius 2 is 1.86 bits per heavy atom. The van der Waals surface area contributed by atoms with E-state index in [2.05, 4.69) is 14.8 Å². The molecule has 0 heterocycles. The third kappa shape index (κ3) is 6.13. The molecule has 0 atom stereocenters. The maximum absolute atomic E-state index is 12.3. The molecule has 0 bridgehead atoms. The van der Waals surface area contributed by atoms with Gasteiger partial charge in [-0.2, -0.15) is 8.78 Å². The first-order valence-electron chi connectivity index (χ1n) is 7.87. The molecule has 0 aliphatic rings. The van der Waals surface area contributed by atoms with Crippen LogP contribution in [0.4, 0.5) is 14.5 Å². The number of sulfonamides is 1. The zero-order valence-corrected chi connectivity index (χ0v) is 16.2. The van der Waals surface area contributed by atoms with Gasteiger partial charge in [0.25, 0.3) is 5.91 Å². The van der Waals surface area contributed by atoms with E-state index in [0.717, 1.165) is 0 Å². The van der Waals surface area contributed by atoms with Gasteiger partial charge in [-0.05, 0) is 42.5 Å². The average molecular weight is 435 g/mol. The number of amides is 1. The predicted octanol–water partition coefficient (Wildman–Crippen LogP) is 3.12. The average Bonchev–Trinajstić information content (AvgIpc) is 2.64. The van der Waals surface area contributed by atoms with E-state index in [9.17, 15) is 22.0 Å². The Bertz CT molecular complexity index is 924. The summed E-state index contributed by atoms with van der Waals surface area (Å²) in [4.78, 5) is 12.3. The fourth-order valence-corrected chi connectivity index (χ4v) is 3.36. The van der Waals surface area contributed by atoms with Crippen LogP contribution in [0.2, 0.25) is 5.02 Å². The molecule has 152 valence electrons. The van der Waals surface area contributed by atoms with Crippen molar-refractivity contribution < 1.29 is 31.5 Å². The Morgan fingerprint density at radius 1 is 1.18 bits per heavy atom. The molecule has 0 saturated heterocycles. The minimum atomic E-state index is -3.71. The van der Waals surface area contributed by atoms with Crippen molar-refractivity contribution >= 4 is 33.2 Å². The van der Waals surface area contributed by atoms with Gasteiger partial charge in [-0.25, -0.2) is 13.1 Å². The number of carbonyl (C=O) groups excluding carboxylic acids is 1.